The fraction of sp³-hybridized carbons (Fsp3) is 0.655. The number of carbonyl (C=O) groups excluding carboxylic acids is 3. The molecule has 0 N–H and O–H groups in total. The van der Waals surface area contributed by atoms with Gasteiger partial charge in [-0.2, -0.15) is 0 Å². The molecule has 0 aromatic rings. The van der Waals surface area contributed by atoms with Crippen LogP contribution in [-0.2, 0) is 28.6 Å². The van der Waals surface area contributed by atoms with E-state index >= 15 is 0 Å². The van der Waals surface area contributed by atoms with Gasteiger partial charge in [0.05, 0.1) is 0 Å². The van der Waals surface area contributed by atoms with Gasteiger partial charge in [-0.3, -0.25) is 14.4 Å². The van der Waals surface area contributed by atoms with E-state index in [2.05, 4.69) is 106 Å². The van der Waals surface area contributed by atoms with E-state index in [1.165, 1.54) is 64.2 Å². The summed E-state index contributed by atoms with van der Waals surface area (Å²) in [5.41, 5.74) is 0. The largest absolute Gasteiger partial charge is 0.462 e. The lowest BCUT2D eigenvalue weighted by atomic mass is 10.0. The van der Waals surface area contributed by atoms with Gasteiger partial charge in [0.25, 0.3) is 0 Å². The number of hydrogen-bond acceptors (Lipinski definition) is 6. The van der Waals surface area contributed by atoms with Crippen LogP contribution in [0, 0.1) is 0 Å². The second kappa shape index (κ2) is 49.0. The Balaban J connectivity index is 4.51. The van der Waals surface area contributed by atoms with E-state index < -0.39 is 12.1 Å². The highest BCUT2D eigenvalue weighted by molar-refractivity contribution is 5.71. The summed E-state index contributed by atoms with van der Waals surface area (Å²) in [5.74, 6) is -1.03. The molecule has 0 aliphatic rings. The predicted molar refractivity (Wildman–Crippen MR) is 260 cm³/mol. The van der Waals surface area contributed by atoms with Gasteiger partial charge in [0.15, 0.2) is 6.10 Å². The molecule has 0 aromatic carbocycles. The number of rotatable bonds is 43. The summed E-state index contributed by atoms with van der Waals surface area (Å²) in [6.07, 6.45) is 64.0. The maximum absolute atomic E-state index is 12.7. The zero-order valence-electron chi connectivity index (χ0n) is 39.4. The minimum atomic E-state index is -0.824. The van der Waals surface area contributed by atoms with Crippen molar-refractivity contribution in [3.63, 3.8) is 0 Å². The second-order valence-corrected chi connectivity index (χ2v) is 16.0. The molecule has 0 bridgehead atoms. The summed E-state index contributed by atoms with van der Waals surface area (Å²) in [6, 6.07) is 0. The zero-order chi connectivity index (χ0) is 44.4. The molecule has 0 aliphatic carbocycles. The first kappa shape index (κ1) is 57.3. The maximum atomic E-state index is 12.7. The number of allylic oxidation sites excluding steroid dienone is 16. The smallest absolute Gasteiger partial charge is 0.306 e. The van der Waals surface area contributed by atoms with Crippen LogP contribution >= 0.6 is 0 Å². The number of ether oxygens (including phenoxy) is 3. The standard InChI is InChI=1S/C55H90O6/c1-4-7-10-13-16-19-22-25-26-27-28-31-33-36-39-42-45-48-54(57)60-51-52(61-55(58)49-46-43-40-37-34-30-24-21-18-15-12-9-6-3)50-59-53(56)47-44-41-38-35-32-29-23-20-17-14-11-8-5-2/h7,9-10,12,16,18-19,21,25-26,28,30-31,34,40,43,52H,4-6,8,11,13-15,17,20,22-24,27,29,32-33,35-39,41-42,44-51H2,1-3H3/b10-7-,12-9-,19-16-,21-18-,26-25-,31-28-,34-30-,43-40-. The van der Waals surface area contributed by atoms with E-state index in [1.807, 2.05) is 12.2 Å². The molecule has 0 spiro atoms. The highest BCUT2D eigenvalue weighted by Gasteiger charge is 2.19. The third-order valence-electron chi connectivity index (χ3n) is 10.1. The van der Waals surface area contributed by atoms with Crippen LogP contribution in [-0.4, -0.2) is 37.2 Å². The lowest BCUT2D eigenvalue weighted by Gasteiger charge is -2.18. The minimum Gasteiger partial charge on any atom is -0.462 e. The van der Waals surface area contributed by atoms with E-state index in [0.717, 1.165) is 103 Å². The third-order valence-corrected chi connectivity index (χ3v) is 10.1. The number of unbranched alkanes of at least 4 members (excludes halogenated alkanes) is 16. The zero-order valence-corrected chi connectivity index (χ0v) is 39.4. The van der Waals surface area contributed by atoms with Crippen LogP contribution in [0.25, 0.3) is 0 Å². The van der Waals surface area contributed by atoms with Crippen molar-refractivity contribution in [3.8, 4) is 0 Å². The first-order chi connectivity index (χ1) is 30.0. The Kier molecular flexibility index (Phi) is 46.0. The van der Waals surface area contributed by atoms with Gasteiger partial charge in [-0.05, 0) is 83.5 Å². The lowest BCUT2D eigenvalue weighted by Crippen LogP contribution is -2.30. The summed E-state index contributed by atoms with van der Waals surface area (Å²) in [5, 5.41) is 0. The molecule has 0 aliphatic heterocycles. The van der Waals surface area contributed by atoms with E-state index in [1.54, 1.807) is 0 Å². The average Bonchev–Trinajstić information content (AvgIpc) is 3.26. The summed E-state index contributed by atoms with van der Waals surface area (Å²) in [6.45, 7) is 6.31. The Hall–Kier alpha value is -3.67. The average molecular weight is 847 g/mol. The van der Waals surface area contributed by atoms with Crippen LogP contribution in [0.15, 0.2) is 97.2 Å². The molecule has 0 fully saturated rings. The topological polar surface area (TPSA) is 78.9 Å². The Morgan fingerprint density at radius 3 is 1.07 bits per heavy atom. The van der Waals surface area contributed by atoms with Crippen molar-refractivity contribution in [2.24, 2.45) is 0 Å². The van der Waals surface area contributed by atoms with Crippen molar-refractivity contribution in [1.82, 2.24) is 0 Å². The molecule has 61 heavy (non-hydrogen) atoms. The van der Waals surface area contributed by atoms with Gasteiger partial charge in [-0.15, -0.1) is 0 Å². The van der Waals surface area contributed by atoms with Crippen molar-refractivity contribution >= 4 is 17.9 Å². The SMILES string of the molecule is CC/C=C\C/C=C\C/C=C\C/C=C\CCCCCCC(=O)OCC(COC(=O)CCCCCCCCCCCCCCC)OC(=O)CC/C=C\C/C=C\C/C=C\C/C=C\CC. The Morgan fingerprint density at radius 1 is 0.344 bits per heavy atom. The molecule has 6 nitrogen and oxygen atoms in total. The Bertz CT molecular complexity index is 1250. The van der Waals surface area contributed by atoms with Crippen molar-refractivity contribution in [2.75, 3.05) is 13.2 Å². The summed E-state index contributed by atoms with van der Waals surface area (Å²) in [7, 11) is 0. The van der Waals surface area contributed by atoms with Gasteiger partial charge in [-0.1, -0.05) is 208 Å². The first-order valence-corrected chi connectivity index (χ1v) is 24.7. The maximum Gasteiger partial charge on any atom is 0.306 e. The summed E-state index contributed by atoms with van der Waals surface area (Å²) in [4.78, 5) is 37.9. The van der Waals surface area contributed by atoms with Gasteiger partial charge in [0, 0.05) is 19.3 Å². The highest BCUT2D eigenvalue weighted by atomic mass is 16.6. The fourth-order valence-corrected chi connectivity index (χ4v) is 6.45. The molecule has 0 saturated heterocycles. The monoisotopic (exact) mass is 847 g/mol. The first-order valence-electron chi connectivity index (χ1n) is 24.7. The highest BCUT2D eigenvalue weighted by Crippen LogP contribution is 2.14. The molecular formula is C55H90O6. The predicted octanol–water partition coefficient (Wildman–Crippen LogP) is 16.2. The van der Waals surface area contributed by atoms with E-state index in [4.69, 9.17) is 14.2 Å². The van der Waals surface area contributed by atoms with Crippen LogP contribution < -0.4 is 0 Å². The van der Waals surface area contributed by atoms with Crippen molar-refractivity contribution in [2.45, 2.75) is 219 Å². The lowest BCUT2D eigenvalue weighted by molar-refractivity contribution is -0.166. The molecule has 1 atom stereocenters. The van der Waals surface area contributed by atoms with Crippen molar-refractivity contribution in [3.05, 3.63) is 97.2 Å². The second-order valence-electron chi connectivity index (χ2n) is 16.0. The van der Waals surface area contributed by atoms with Crippen molar-refractivity contribution in [1.29, 1.82) is 0 Å². The number of hydrogen-bond donors (Lipinski definition) is 0. The minimum absolute atomic E-state index is 0.114. The van der Waals surface area contributed by atoms with Gasteiger partial charge < -0.3 is 14.2 Å². The summed E-state index contributed by atoms with van der Waals surface area (Å²) >= 11 is 0. The van der Waals surface area contributed by atoms with E-state index in [-0.39, 0.29) is 31.6 Å². The van der Waals surface area contributed by atoms with Crippen LogP contribution in [0.4, 0.5) is 0 Å². The molecule has 0 amide bonds. The van der Waals surface area contributed by atoms with E-state index in [0.29, 0.717) is 19.3 Å². The molecule has 1 unspecified atom stereocenters. The van der Waals surface area contributed by atoms with Crippen LogP contribution in [0.1, 0.15) is 213 Å². The van der Waals surface area contributed by atoms with Gasteiger partial charge >= 0.3 is 17.9 Å². The molecular weight excluding hydrogens is 757 g/mol. The normalized spacial score (nSPS) is 12.9. The fourth-order valence-electron chi connectivity index (χ4n) is 6.45. The summed E-state index contributed by atoms with van der Waals surface area (Å²) < 4.78 is 16.7. The Morgan fingerprint density at radius 2 is 0.672 bits per heavy atom. The molecule has 346 valence electrons. The molecule has 0 heterocycles. The molecule has 0 saturated carbocycles. The number of carbonyl (C=O) groups is 3. The Labute approximate surface area is 375 Å². The molecule has 0 rings (SSSR count). The van der Waals surface area contributed by atoms with Crippen LogP contribution in [0.5, 0.6) is 0 Å². The molecule has 0 aromatic heterocycles. The van der Waals surface area contributed by atoms with Crippen LogP contribution in [0.2, 0.25) is 0 Å². The molecule has 0 radical (unpaired) electrons. The third kappa shape index (κ3) is 47.2. The van der Waals surface area contributed by atoms with Crippen LogP contribution in [0.3, 0.4) is 0 Å². The van der Waals surface area contributed by atoms with Gasteiger partial charge in [0.2, 0.25) is 0 Å². The quantitative estimate of drug-likeness (QED) is 0.0263. The van der Waals surface area contributed by atoms with Gasteiger partial charge in [-0.25, -0.2) is 0 Å². The van der Waals surface area contributed by atoms with Crippen molar-refractivity contribution < 1.29 is 28.6 Å². The van der Waals surface area contributed by atoms with Gasteiger partial charge in [0.1, 0.15) is 13.2 Å². The molecule has 6 heteroatoms. The number of esters is 3. The van der Waals surface area contributed by atoms with E-state index in [9.17, 15) is 14.4 Å².